The molecule has 7 heteroatoms. The molecule has 3 rings (SSSR count). The Balaban J connectivity index is 1.76. The molecule has 98 valence electrons. The van der Waals surface area contributed by atoms with E-state index in [1.807, 2.05) is 4.68 Å². The summed E-state index contributed by atoms with van der Waals surface area (Å²) in [5.41, 5.74) is 5.54. The Bertz CT molecular complexity index is 466. The third kappa shape index (κ3) is 1.84. The number of ether oxygens (including phenoxy) is 1. The van der Waals surface area contributed by atoms with Crippen molar-refractivity contribution >= 4 is 5.84 Å². The van der Waals surface area contributed by atoms with Crippen LogP contribution in [0.4, 0.5) is 0 Å². The summed E-state index contributed by atoms with van der Waals surface area (Å²) >= 11 is 0. The van der Waals surface area contributed by atoms with Gasteiger partial charge in [-0.1, -0.05) is 5.16 Å². The molecule has 0 amide bonds. The minimum atomic E-state index is -0.0563. The molecular weight excluding hydrogens is 234 g/mol. The zero-order chi connectivity index (χ0) is 12.6. The first kappa shape index (κ1) is 11.5. The van der Waals surface area contributed by atoms with Crippen LogP contribution in [0.25, 0.3) is 0 Å². The summed E-state index contributed by atoms with van der Waals surface area (Å²) in [6, 6.07) is 0.298. The number of amidine groups is 1. The van der Waals surface area contributed by atoms with Crippen molar-refractivity contribution in [2.45, 2.75) is 43.7 Å². The summed E-state index contributed by atoms with van der Waals surface area (Å²) < 4.78 is 7.69. The molecule has 1 spiro atoms. The molecule has 1 aliphatic carbocycles. The molecule has 18 heavy (non-hydrogen) atoms. The van der Waals surface area contributed by atoms with Crippen molar-refractivity contribution in [3.63, 3.8) is 0 Å². The second kappa shape index (κ2) is 4.24. The fourth-order valence-corrected chi connectivity index (χ4v) is 2.76. The van der Waals surface area contributed by atoms with E-state index in [9.17, 15) is 0 Å². The Labute approximate surface area is 105 Å². The Kier molecular flexibility index (Phi) is 2.70. The van der Waals surface area contributed by atoms with E-state index in [4.69, 9.17) is 15.7 Å². The van der Waals surface area contributed by atoms with Gasteiger partial charge < -0.3 is 15.7 Å². The van der Waals surface area contributed by atoms with E-state index in [0.717, 1.165) is 32.3 Å². The van der Waals surface area contributed by atoms with E-state index in [1.54, 1.807) is 6.33 Å². The van der Waals surface area contributed by atoms with Gasteiger partial charge in [-0.15, -0.1) is 5.10 Å². The van der Waals surface area contributed by atoms with Gasteiger partial charge in [0.25, 0.3) is 0 Å². The van der Waals surface area contributed by atoms with Crippen LogP contribution in [-0.2, 0) is 4.74 Å². The maximum atomic E-state index is 8.59. The second-order valence-corrected chi connectivity index (χ2v) is 5.07. The molecule has 0 radical (unpaired) electrons. The van der Waals surface area contributed by atoms with Gasteiger partial charge in [0.15, 0.2) is 0 Å². The lowest BCUT2D eigenvalue weighted by molar-refractivity contribution is -0.141. The van der Waals surface area contributed by atoms with E-state index in [1.165, 1.54) is 6.42 Å². The fourth-order valence-electron chi connectivity index (χ4n) is 2.76. The predicted molar refractivity (Wildman–Crippen MR) is 63.3 cm³/mol. The molecular formula is C11H17N5O2. The number of oxime groups is 1. The second-order valence-electron chi connectivity index (χ2n) is 5.07. The molecule has 3 N–H and O–H groups in total. The van der Waals surface area contributed by atoms with Gasteiger partial charge in [-0.3, -0.25) is 0 Å². The van der Waals surface area contributed by atoms with Gasteiger partial charge >= 0.3 is 0 Å². The van der Waals surface area contributed by atoms with Gasteiger partial charge in [-0.2, -0.15) is 0 Å². The Morgan fingerprint density at radius 2 is 2.44 bits per heavy atom. The first-order valence-corrected chi connectivity index (χ1v) is 6.25. The molecule has 1 saturated carbocycles. The highest BCUT2D eigenvalue weighted by Gasteiger charge is 2.43. The number of aromatic nitrogens is 3. The van der Waals surface area contributed by atoms with Crippen LogP contribution in [0.5, 0.6) is 0 Å². The molecule has 1 aromatic rings. The molecule has 2 heterocycles. The number of nitrogens with zero attached hydrogens (tertiary/aromatic N) is 4. The van der Waals surface area contributed by atoms with E-state index in [-0.39, 0.29) is 17.3 Å². The molecule has 0 bridgehead atoms. The average Bonchev–Trinajstić information content (AvgIpc) is 2.86. The third-order valence-electron chi connectivity index (χ3n) is 3.95. The van der Waals surface area contributed by atoms with Crippen molar-refractivity contribution in [1.29, 1.82) is 0 Å². The zero-order valence-electron chi connectivity index (χ0n) is 10.1. The maximum absolute atomic E-state index is 8.59. The molecule has 2 fully saturated rings. The largest absolute Gasteiger partial charge is 0.409 e. The minimum absolute atomic E-state index is 0.0563. The van der Waals surface area contributed by atoms with Crippen LogP contribution in [0, 0.1) is 0 Å². The van der Waals surface area contributed by atoms with E-state index in [2.05, 4.69) is 15.2 Å². The zero-order valence-corrected chi connectivity index (χ0v) is 10.1. The molecule has 2 aliphatic rings. The highest BCUT2D eigenvalue weighted by molar-refractivity contribution is 5.93. The topological polar surface area (TPSA) is 98.6 Å². The molecule has 1 saturated heterocycles. The van der Waals surface area contributed by atoms with Crippen molar-refractivity contribution in [3.8, 4) is 0 Å². The molecule has 1 atom stereocenters. The van der Waals surface area contributed by atoms with Crippen molar-refractivity contribution < 1.29 is 9.94 Å². The van der Waals surface area contributed by atoms with Crippen LogP contribution in [0.1, 0.15) is 44.0 Å². The number of nitrogens with two attached hydrogens (primary N) is 1. The van der Waals surface area contributed by atoms with Crippen molar-refractivity contribution in [2.24, 2.45) is 10.9 Å². The minimum Gasteiger partial charge on any atom is -0.409 e. The van der Waals surface area contributed by atoms with Crippen LogP contribution >= 0.6 is 0 Å². The molecule has 1 unspecified atom stereocenters. The van der Waals surface area contributed by atoms with Gasteiger partial charge in [-0.25, -0.2) is 9.67 Å². The lowest BCUT2D eigenvalue weighted by Gasteiger charge is -2.47. The number of rotatable bonds is 2. The van der Waals surface area contributed by atoms with E-state index in [0.29, 0.717) is 6.04 Å². The van der Waals surface area contributed by atoms with Crippen LogP contribution in [0.3, 0.4) is 0 Å². The maximum Gasteiger partial charge on any atom is 0.219 e. The van der Waals surface area contributed by atoms with Gasteiger partial charge in [0.05, 0.1) is 11.6 Å². The number of hydrogen-bond acceptors (Lipinski definition) is 5. The highest BCUT2D eigenvalue weighted by atomic mass is 16.5. The van der Waals surface area contributed by atoms with Gasteiger partial charge in [0.2, 0.25) is 11.7 Å². The molecule has 1 aromatic heterocycles. The molecule has 0 aromatic carbocycles. The molecule has 1 aliphatic heterocycles. The summed E-state index contributed by atoms with van der Waals surface area (Å²) in [5, 5.41) is 15.8. The average molecular weight is 251 g/mol. The summed E-state index contributed by atoms with van der Waals surface area (Å²) in [4.78, 5) is 4.05. The highest BCUT2D eigenvalue weighted by Crippen LogP contribution is 2.45. The Hall–Kier alpha value is -1.63. The van der Waals surface area contributed by atoms with Crippen LogP contribution in [0.15, 0.2) is 11.5 Å². The van der Waals surface area contributed by atoms with Gasteiger partial charge in [0, 0.05) is 6.61 Å². The van der Waals surface area contributed by atoms with Crippen LogP contribution < -0.4 is 5.73 Å². The van der Waals surface area contributed by atoms with Crippen LogP contribution in [0.2, 0.25) is 0 Å². The van der Waals surface area contributed by atoms with Crippen molar-refractivity contribution in [1.82, 2.24) is 14.8 Å². The van der Waals surface area contributed by atoms with Gasteiger partial charge in [-0.05, 0) is 32.1 Å². The summed E-state index contributed by atoms with van der Waals surface area (Å²) in [6.45, 7) is 0.767. The smallest absolute Gasteiger partial charge is 0.219 e. The van der Waals surface area contributed by atoms with Gasteiger partial charge in [0.1, 0.15) is 6.33 Å². The standard InChI is InChI=1S/C11H17N5O2/c12-9(15-17)10-13-7-16(14-10)8-2-5-18-11(6-8)3-1-4-11/h7-8,17H,1-6H2,(H2,12,15). The van der Waals surface area contributed by atoms with E-state index >= 15 is 0 Å². The molecule has 7 nitrogen and oxygen atoms in total. The monoisotopic (exact) mass is 251 g/mol. The Morgan fingerprint density at radius 3 is 3.11 bits per heavy atom. The summed E-state index contributed by atoms with van der Waals surface area (Å²) in [6.07, 6.45) is 7.10. The summed E-state index contributed by atoms with van der Waals surface area (Å²) in [7, 11) is 0. The normalized spacial score (nSPS) is 27.1. The SMILES string of the molecule is NC(=NO)c1ncn(C2CCOC3(CCC3)C2)n1. The predicted octanol–water partition coefficient (Wildman–Crippen LogP) is 0.647. The third-order valence-corrected chi connectivity index (χ3v) is 3.95. The number of hydrogen-bond donors (Lipinski definition) is 2. The van der Waals surface area contributed by atoms with Crippen molar-refractivity contribution in [2.75, 3.05) is 6.61 Å². The fraction of sp³-hybridized carbons (Fsp3) is 0.727. The van der Waals surface area contributed by atoms with Crippen molar-refractivity contribution in [3.05, 3.63) is 12.2 Å². The van der Waals surface area contributed by atoms with E-state index < -0.39 is 0 Å². The Morgan fingerprint density at radius 1 is 1.61 bits per heavy atom. The lowest BCUT2D eigenvalue weighted by atomic mass is 9.74. The first-order chi connectivity index (χ1) is 8.72. The van der Waals surface area contributed by atoms with Crippen LogP contribution in [-0.4, -0.2) is 38.0 Å². The summed E-state index contributed by atoms with van der Waals surface area (Å²) in [5.74, 6) is 0.214. The lowest BCUT2D eigenvalue weighted by Crippen LogP contribution is -2.46. The quantitative estimate of drug-likeness (QED) is 0.348. The first-order valence-electron chi connectivity index (χ1n) is 6.25.